The number of rotatable bonds is 5. The topological polar surface area (TPSA) is 111 Å². The molecule has 0 atom stereocenters. The van der Waals surface area contributed by atoms with Crippen molar-refractivity contribution in [1.82, 2.24) is 20.4 Å². The van der Waals surface area contributed by atoms with Gasteiger partial charge in [-0.05, 0) is 30.3 Å². The lowest BCUT2D eigenvalue weighted by molar-refractivity contribution is -0.137. The van der Waals surface area contributed by atoms with E-state index in [1.54, 1.807) is 6.07 Å². The number of aromatic amines is 1. The predicted octanol–water partition coefficient (Wildman–Crippen LogP) is 4.50. The van der Waals surface area contributed by atoms with Crippen molar-refractivity contribution < 1.29 is 27.1 Å². The van der Waals surface area contributed by atoms with Crippen LogP contribution in [0.15, 0.2) is 58.7 Å². The minimum atomic E-state index is -4.97. The van der Waals surface area contributed by atoms with Gasteiger partial charge in [-0.15, -0.1) is 0 Å². The number of carbonyl (C=O) groups is 1. The number of hydrogen-bond acceptors (Lipinski definition) is 6. The summed E-state index contributed by atoms with van der Waals surface area (Å²) in [6, 6.07) is 10.4. The summed E-state index contributed by atoms with van der Waals surface area (Å²) >= 11 is 11.9. The number of ether oxygens (including phenoxy) is 1. The van der Waals surface area contributed by atoms with Crippen LogP contribution in [0, 0.1) is 17.1 Å². The van der Waals surface area contributed by atoms with E-state index in [0.717, 1.165) is 23.1 Å². The number of carbonyl (C=O) groups excluding carboxylic acids is 1. The second-order valence-corrected chi connectivity index (χ2v) is 8.45. The summed E-state index contributed by atoms with van der Waals surface area (Å²) in [7, 11) is 0. The Morgan fingerprint density at radius 2 is 1.89 bits per heavy atom. The van der Waals surface area contributed by atoms with Crippen molar-refractivity contribution in [2.45, 2.75) is 12.7 Å². The fourth-order valence-corrected chi connectivity index (χ4v) is 3.92. The number of H-pyrrole nitrogens is 1. The lowest BCUT2D eigenvalue weighted by atomic mass is 10.1. The van der Waals surface area contributed by atoms with Gasteiger partial charge in [-0.25, -0.2) is 9.49 Å². The number of nitriles is 1. The zero-order chi connectivity index (χ0) is 26.9. The molecular weight excluding hydrogens is 541 g/mol. The lowest BCUT2D eigenvalue weighted by Crippen LogP contribution is -2.49. The van der Waals surface area contributed by atoms with Crippen molar-refractivity contribution in [3.63, 3.8) is 0 Å². The van der Waals surface area contributed by atoms with Gasteiger partial charge in [-0.2, -0.15) is 23.5 Å². The summed E-state index contributed by atoms with van der Waals surface area (Å²) in [5.41, 5.74) is -2.05. The first-order valence-corrected chi connectivity index (χ1v) is 11.0. The van der Waals surface area contributed by atoms with E-state index in [4.69, 9.17) is 33.2 Å². The molecule has 0 spiro atoms. The number of nitrogens with zero attached hydrogens (tertiary/aromatic N) is 3. The van der Waals surface area contributed by atoms with Gasteiger partial charge in [0.25, 0.3) is 11.5 Å². The van der Waals surface area contributed by atoms with Crippen LogP contribution in [0.1, 0.15) is 11.3 Å². The van der Waals surface area contributed by atoms with E-state index in [0.29, 0.717) is 0 Å². The second kappa shape index (κ2) is 10.1. The van der Waals surface area contributed by atoms with Gasteiger partial charge < -0.3 is 15.0 Å². The third-order valence-electron chi connectivity index (χ3n) is 5.11. The van der Waals surface area contributed by atoms with E-state index in [-0.39, 0.29) is 44.7 Å². The number of aromatic nitrogens is 2. The Labute approximate surface area is 215 Å². The molecule has 2 aromatic carbocycles. The Morgan fingerprint density at radius 1 is 1.14 bits per heavy atom. The molecule has 1 aromatic heterocycles. The predicted molar refractivity (Wildman–Crippen MR) is 124 cm³/mol. The van der Waals surface area contributed by atoms with Gasteiger partial charge in [0.05, 0.1) is 41.1 Å². The normalized spacial score (nSPS) is 13.9. The molecule has 0 saturated heterocycles. The monoisotopic (exact) mass is 553 g/mol. The maximum absolute atomic E-state index is 13.9. The van der Waals surface area contributed by atoms with E-state index in [2.05, 4.69) is 15.5 Å². The highest BCUT2D eigenvalue weighted by atomic mass is 35.5. The van der Waals surface area contributed by atoms with E-state index >= 15 is 0 Å². The summed E-state index contributed by atoms with van der Waals surface area (Å²) in [4.78, 5) is 26.3. The zero-order valence-corrected chi connectivity index (χ0v) is 19.8. The molecular formula is C23H13Cl2F4N5O3. The van der Waals surface area contributed by atoms with Crippen LogP contribution in [0.3, 0.4) is 0 Å². The Balaban J connectivity index is 1.67. The Hall–Kier alpha value is -4.08. The number of amides is 1. The highest BCUT2D eigenvalue weighted by molar-refractivity contribution is 6.33. The molecule has 2 N–H and O–H groups in total. The van der Waals surface area contributed by atoms with Crippen LogP contribution in [-0.2, 0) is 11.3 Å². The average Bonchev–Trinajstić information content (AvgIpc) is 2.83. The summed E-state index contributed by atoms with van der Waals surface area (Å²) < 4.78 is 60.1. The molecule has 190 valence electrons. The molecule has 0 unspecified atom stereocenters. The van der Waals surface area contributed by atoms with Gasteiger partial charge in [0, 0.05) is 10.6 Å². The number of benzene rings is 2. The van der Waals surface area contributed by atoms with Gasteiger partial charge in [0.15, 0.2) is 5.70 Å². The summed E-state index contributed by atoms with van der Waals surface area (Å²) in [5, 5.41) is 16.9. The van der Waals surface area contributed by atoms with Gasteiger partial charge in [-0.3, -0.25) is 9.59 Å². The van der Waals surface area contributed by atoms with Crippen LogP contribution in [-0.4, -0.2) is 33.8 Å². The summed E-state index contributed by atoms with van der Waals surface area (Å²) in [6.07, 6.45) is -4.97. The van der Waals surface area contributed by atoms with Crippen LogP contribution >= 0.6 is 23.2 Å². The fourth-order valence-electron chi connectivity index (χ4n) is 3.47. The van der Waals surface area contributed by atoms with Gasteiger partial charge in [0.1, 0.15) is 11.6 Å². The number of halogens is 6. The Kier molecular flexibility index (Phi) is 7.11. The van der Waals surface area contributed by atoms with Crippen molar-refractivity contribution in [2.75, 3.05) is 6.67 Å². The second-order valence-electron chi connectivity index (χ2n) is 7.63. The van der Waals surface area contributed by atoms with Crippen LogP contribution < -0.4 is 15.6 Å². The van der Waals surface area contributed by atoms with Crippen LogP contribution in [0.4, 0.5) is 17.6 Å². The Bertz CT molecular complexity index is 1530. The first-order valence-electron chi connectivity index (χ1n) is 10.2. The Morgan fingerprint density at radius 3 is 2.59 bits per heavy atom. The molecule has 14 heteroatoms. The largest absolute Gasteiger partial charge is 0.449 e. The minimum Gasteiger partial charge on any atom is -0.449 e. The molecule has 0 radical (unpaired) electrons. The third-order valence-corrected chi connectivity index (χ3v) is 5.71. The van der Waals surface area contributed by atoms with Crippen molar-refractivity contribution >= 4 is 29.1 Å². The first kappa shape index (κ1) is 26.0. The van der Waals surface area contributed by atoms with Crippen LogP contribution in [0.25, 0.3) is 11.1 Å². The smallest absolute Gasteiger partial charge is 0.434 e. The molecule has 1 aliphatic rings. The minimum absolute atomic E-state index is 0.00529. The SMILES string of the molecule is N#Cc1cc(Cl)cc(OC2=C(C(F)(F)F)NCN(Cc3cc(-c4cccc(F)c4Cl)c(=O)[nH]n3)C2=O)c1. The third kappa shape index (κ3) is 5.52. The quantitative estimate of drug-likeness (QED) is 0.450. The van der Waals surface area contributed by atoms with Crippen molar-refractivity contribution in [3.05, 3.63) is 91.4 Å². The molecule has 2 heterocycles. The maximum Gasteiger partial charge on any atom is 0.434 e. The van der Waals surface area contributed by atoms with Crippen LogP contribution in [0.2, 0.25) is 10.0 Å². The molecule has 0 bridgehead atoms. The highest BCUT2D eigenvalue weighted by Gasteiger charge is 2.44. The maximum atomic E-state index is 13.9. The number of hydrogen-bond donors (Lipinski definition) is 2. The molecule has 3 aromatic rings. The molecule has 1 aliphatic heterocycles. The average molecular weight is 554 g/mol. The standard InChI is InChI=1S/C23H13Cl2F4N5O3/c24-12-4-11(8-30)5-14(6-12)37-19-20(23(27,28)29)31-10-34(22(19)36)9-13-7-16(21(35)33-32-13)15-2-1-3-17(26)18(15)25/h1-7,31H,9-10H2,(H,33,35). The molecule has 0 aliphatic carbocycles. The highest BCUT2D eigenvalue weighted by Crippen LogP contribution is 2.32. The molecule has 0 saturated carbocycles. The summed E-state index contributed by atoms with van der Waals surface area (Å²) in [5.74, 6) is -3.26. The van der Waals surface area contributed by atoms with E-state index in [1.807, 2.05) is 0 Å². The van der Waals surface area contributed by atoms with Crippen LogP contribution in [0.5, 0.6) is 5.75 Å². The van der Waals surface area contributed by atoms with Gasteiger partial charge in [-0.1, -0.05) is 35.3 Å². The van der Waals surface area contributed by atoms with E-state index in [9.17, 15) is 27.2 Å². The molecule has 4 rings (SSSR count). The van der Waals surface area contributed by atoms with E-state index < -0.39 is 41.6 Å². The number of alkyl halides is 3. The molecule has 8 nitrogen and oxygen atoms in total. The lowest BCUT2D eigenvalue weighted by Gasteiger charge is -2.31. The number of allylic oxidation sites excluding steroid dienone is 1. The number of nitrogens with one attached hydrogen (secondary N) is 2. The zero-order valence-electron chi connectivity index (χ0n) is 18.3. The molecule has 0 fully saturated rings. The van der Waals surface area contributed by atoms with Crippen molar-refractivity contribution in [3.8, 4) is 22.9 Å². The molecule has 1 amide bonds. The summed E-state index contributed by atoms with van der Waals surface area (Å²) in [6.45, 7) is -0.935. The van der Waals surface area contributed by atoms with Gasteiger partial charge in [0.2, 0.25) is 5.76 Å². The van der Waals surface area contributed by atoms with Crippen molar-refractivity contribution in [1.29, 1.82) is 5.26 Å². The van der Waals surface area contributed by atoms with Crippen molar-refractivity contribution in [2.24, 2.45) is 0 Å². The fraction of sp³-hybridized carbons (Fsp3) is 0.130. The van der Waals surface area contributed by atoms with Gasteiger partial charge >= 0.3 is 6.18 Å². The first-order chi connectivity index (χ1) is 17.5. The molecule has 37 heavy (non-hydrogen) atoms. The van der Waals surface area contributed by atoms with E-state index in [1.165, 1.54) is 24.3 Å².